The second kappa shape index (κ2) is 7.91. The molecule has 1 amide bonds. The van der Waals surface area contributed by atoms with E-state index in [2.05, 4.69) is 15.5 Å². The fourth-order valence-electron chi connectivity index (χ4n) is 2.48. The lowest BCUT2D eigenvalue weighted by Crippen LogP contribution is -2.23. The molecule has 0 aliphatic carbocycles. The highest BCUT2D eigenvalue weighted by atomic mass is 19.3. The van der Waals surface area contributed by atoms with E-state index in [1.54, 1.807) is 30.3 Å². The molecule has 7 nitrogen and oxygen atoms in total. The number of rotatable bonds is 6. The quantitative estimate of drug-likeness (QED) is 0.651. The van der Waals surface area contributed by atoms with Crippen molar-refractivity contribution in [2.45, 2.75) is 19.4 Å². The number of nitriles is 1. The lowest BCUT2D eigenvalue weighted by molar-refractivity contribution is -0.117. The molecule has 0 bridgehead atoms. The summed E-state index contributed by atoms with van der Waals surface area (Å²) in [5, 5.41) is 19.0. The topological polar surface area (TPSA) is 88.5 Å². The minimum Gasteiger partial charge on any atom is -0.308 e. The van der Waals surface area contributed by atoms with Crippen LogP contribution >= 0.6 is 0 Å². The van der Waals surface area contributed by atoms with E-state index in [-0.39, 0.29) is 11.4 Å². The normalized spacial score (nSPS) is 11.0. The van der Waals surface area contributed by atoms with Crippen LogP contribution < -0.4 is 5.32 Å². The number of carbonyl (C=O) groups is 1. The van der Waals surface area contributed by atoms with Gasteiger partial charge >= 0.3 is 0 Å². The molecule has 28 heavy (non-hydrogen) atoms. The van der Waals surface area contributed by atoms with Gasteiger partial charge in [-0.05, 0) is 18.2 Å². The van der Waals surface area contributed by atoms with Gasteiger partial charge in [0.15, 0.2) is 5.82 Å². The minimum atomic E-state index is -3.09. The number of anilines is 1. The van der Waals surface area contributed by atoms with Gasteiger partial charge in [-0.2, -0.15) is 15.5 Å². The third-order valence-electron chi connectivity index (χ3n) is 3.72. The van der Waals surface area contributed by atoms with E-state index in [1.165, 1.54) is 10.9 Å². The molecule has 0 atom stereocenters. The van der Waals surface area contributed by atoms with Gasteiger partial charge in [-0.25, -0.2) is 22.2 Å². The van der Waals surface area contributed by atoms with Crippen molar-refractivity contribution in [3.05, 3.63) is 59.5 Å². The van der Waals surface area contributed by atoms with Crippen molar-refractivity contribution in [3.8, 4) is 11.8 Å². The number of benzene rings is 1. The van der Waals surface area contributed by atoms with E-state index in [0.29, 0.717) is 16.4 Å². The van der Waals surface area contributed by atoms with Crippen molar-refractivity contribution in [3.63, 3.8) is 0 Å². The Labute approximate surface area is 155 Å². The van der Waals surface area contributed by atoms with Crippen molar-refractivity contribution in [1.82, 2.24) is 19.6 Å². The first-order valence-corrected chi connectivity index (χ1v) is 7.88. The lowest BCUT2D eigenvalue weighted by Gasteiger charge is -2.11. The van der Waals surface area contributed by atoms with E-state index >= 15 is 0 Å². The Bertz CT molecular complexity index is 1020. The Hall–Kier alpha value is -3.68. The summed E-state index contributed by atoms with van der Waals surface area (Å²) < 4.78 is 53.4. The van der Waals surface area contributed by atoms with Gasteiger partial charge in [0.05, 0.1) is 11.9 Å². The van der Waals surface area contributed by atoms with Gasteiger partial charge in [-0.15, -0.1) is 0 Å². The molecule has 1 aromatic carbocycles. The third kappa shape index (κ3) is 3.85. The number of para-hydroxylation sites is 1. The molecule has 3 aromatic rings. The van der Waals surface area contributed by atoms with Crippen LogP contribution in [0.2, 0.25) is 0 Å². The van der Waals surface area contributed by atoms with Crippen LogP contribution in [0.25, 0.3) is 5.69 Å². The first-order valence-electron chi connectivity index (χ1n) is 7.88. The zero-order valence-electron chi connectivity index (χ0n) is 14.1. The summed E-state index contributed by atoms with van der Waals surface area (Å²) in [6.45, 7) is -0.739. The van der Waals surface area contributed by atoms with Crippen LogP contribution in [0.5, 0.6) is 0 Å². The molecule has 0 aliphatic heterocycles. The second-order valence-corrected chi connectivity index (χ2v) is 5.57. The highest BCUT2D eigenvalue weighted by Gasteiger charge is 2.23. The molecule has 144 valence electrons. The van der Waals surface area contributed by atoms with Gasteiger partial charge in [0.25, 0.3) is 12.9 Å². The number of halogens is 4. The fourth-order valence-corrected chi connectivity index (χ4v) is 2.48. The van der Waals surface area contributed by atoms with E-state index in [9.17, 15) is 27.6 Å². The highest BCUT2D eigenvalue weighted by molar-refractivity contribution is 5.91. The molecule has 0 saturated carbocycles. The lowest BCUT2D eigenvalue weighted by atomic mass is 10.3. The number of nitrogens with one attached hydrogen (secondary N) is 1. The van der Waals surface area contributed by atoms with E-state index in [4.69, 9.17) is 0 Å². The molecule has 11 heteroatoms. The number of carbonyl (C=O) groups excluding carboxylic acids is 1. The molecule has 0 aliphatic rings. The van der Waals surface area contributed by atoms with Crippen LogP contribution in [-0.2, 0) is 11.3 Å². The predicted molar refractivity (Wildman–Crippen MR) is 89.0 cm³/mol. The molecular formula is C17H12F4N6O. The summed E-state index contributed by atoms with van der Waals surface area (Å²) >= 11 is 0. The van der Waals surface area contributed by atoms with Crippen LogP contribution in [-0.4, -0.2) is 25.5 Å². The van der Waals surface area contributed by atoms with Crippen molar-refractivity contribution < 1.29 is 22.4 Å². The smallest absolute Gasteiger partial charge is 0.282 e. The summed E-state index contributed by atoms with van der Waals surface area (Å²) in [5.41, 5.74) is -1.07. The Morgan fingerprint density at radius 3 is 2.50 bits per heavy atom. The van der Waals surface area contributed by atoms with Crippen LogP contribution in [0.15, 0.2) is 42.6 Å². The molecule has 3 rings (SSSR count). The van der Waals surface area contributed by atoms with Gasteiger partial charge in [-0.3, -0.25) is 9.48 Å². The van der Waals surface area contributed by atoms with Gasteiger partial charge in [0, 0.05) is 0 Å². The monoisotopic (exact) mass is 392 g/mol. The molecular weight excluding hydrogens is 380 g/mol. The zero-order chi connectivity index (χ0) is 20.3. The van der Waals surface area contributed by atoms with Gasteiger partial charge in [0.1, 0.15) is 29.6 Å². The molecule has 0 spiro atoms. The maximum Gasteiger partial charge on any atom is 0.282 e. The highest BCUT2D eigenvalue weighted by Crippen LogP contribution is 2.25. The largest absolute Gasteiger partial charge is 0.308 e. The number of nitrogens with zero attached hydrogens (tertiary/aromatic N) is 5. The molecule has 0 unspecified atom stereocenters. The summed E-state index contributed by atoms with van der Waals surface area (Å²) in [5.74, 6) is -0.807. The molecule has 2 aromatic heterocycles. The van der Waals surface area contributed by atoms with Crippen LogP contribution in [0.3, 0.4) is 0 Å². The summed E-state index contributed by atoms with van der Waals surface area (Å²) in [6.07, 6.45) is -4.90. The Morgan fingerprint density at radius 1 is 1.18 bits per heavy atom. The molecule has 2 heterocycles. The second-order valence-electron chi connectivity index (χ2n) is 5.57. The van der Waals surface area contributed by atoms with Crippen molar-refractivity contribution in [2.24, 2.45) is 0 Å². The third-order valence-corrected chi connectivity index (χ3v) is 3.72. The summed E-state index contributed by atoms with van der Waals surface area (Å²) in [6, 6.07) is 11.0. The van der Waals surface area contributed by atoms with Gasteiger partial charge < -0.3 is 5.32 Å². The maximum absolute atomic E-state index is 13.0. The molecule has 0 fully saturated rings. The van der Waals surface area contributed by atoms with Crippen LogP contribution in [0.1, 0.15) is 29.8 Å². The Balaban J connectivity index is 1.87. The number of aromatic nitrogens is 4. The van der Waals surface area contributed by atoms with Gasteiger partial charge in [0.2, 0.25) is 5.91 Å². The first kappa shape index (κ1) is 19.1. The van der Waals surface area contributed by atoms with Crippen LogP contribution in [0.4, 0.5) is 23.4 Å². The Kier molecular flexibility index (Phi) is 5.39. The minimum absolute atomic E-state index is 0.0264. The van der Waals surface area contributed by atoms with E-state index in [0.717, 1.165) is 0 Å². The zero-order valence-corrected chi connectivity index (χ0v) is 14.1. The SMILES string of the molecule is N#Cc1cnn(-c2ccccc2)c1NC(=O)Cn1nc(C(F)F)cc1C(F)F. The average Bonchev–Trinajstić information content (AvgIpc) is 3.26. The van der Waals surface area contributed by atoms with E-state index in [1.807, 2.05) is 6.07 Å². The van der Waals surface area contributed by atoms with Crippen LogP contribution in [0, 0.1) is 11.3 Å². The average molecular weight is 392 g/mol. The number of hydrogen-bond donors (Lipinski definition) is 1. The standard InChI is InChI=1S/C17H12F4N6O/c18-15(19)12-6-13(16(20)21)26(25-12)9-14(28)24-17-10(7-22)8-23-27(17)11-4-2-1-3-5-11/h1-6,8,15-16H,9H2,(H,24,28). The fraction of sp³-hybridized carbons (Fsp3) is 0.176. The van der Waals surface area contributed by atoms with Gasteiger partial charge in [-0.1, -0.05) is 18.2 Å². The van der Waals surface area contributed by atoms with Crippen molar-refractivity contribution >= 4 is 11.7 Å². The number of hydrogen-bond acceptors (Lipinski definition) is 4. The summed E-state index contributed by atoms with van der Waals surface area (Å²) in [4.78, 5) is 12.3. The number of amides is 1. The molecule has 0 saturated heterocycles. The first-order chi connectivity index (χ1) is 13.4. The van der Waals surface area contributed by atoms with Crippen molar-refractivity contribution in [1.29, 1.82) is 5.26 Å². The Morgan fingerprint density at radius 2 is 1.89 bits per heavy atom. The number of alkyl halides is 4. The molecule has 1 N–H and O–H groups in total. The van der Waals surface area contributed by atoms with Crippen molar-refractivity contribution in [2.75, 3.05) is 5.32 Å². The summed E-state index contributed by atoms with van der Waals surface area (Å²) in [7, 11) is 0. The molecule has 0 radical (unpaired) electrons. The predicted octanol–water partition coefficient (Wildman–Crippen LogP) is 3.45. The maximum atomic E-state index is 13.0. The van der Waals surface area contributed by atoms with E-state index < -0.39 is 36.7 Å².